The van der Waals surface area contributed by atoms with Crippen LogP contribution in [0.1, 0.15) is 55.3 Å². The zero-order valence-corrected chi connectivity index (χ0v) is 15.1. The van der Waals surface area contributed by atoms with Gasteiger partial charge in [0.25, 0.3) is 5.91 Å². The van der Waals surface area contributed by atoms with E-state index >= 15 is 0 Å². The van der Waals surface area contributed by atoms with Gasteiger partial charge >= 0.3 is 0 Å². The molecule has 0 spiro atoms. The van der Waals surface area contributed by atoms with E-state index in [-0.39, 0.29) is 23.9 Å². The number of amides is 2. The minimum Gasteiger partial charge on any atom is -0.352 e. The van der Waals surface area contributed by atoms with Crippen molar-refractivity contribution in [1.29, 1.82) is 0 Å². The van der Waals surface area contributed by atoms with Crippen molar-refractivity contribution in [2.75, 3.05) is 6.54 Å². The molecule has 4 nitrogen and oxygen atoms in total. The molecule has 1 aliphatic heterocycles. The maximum atomic E-state index is 12.8. The third-order valence-electron chi connectivity index (χ3n) is 4.93. The molecule has 2 aliphatic rings. The van der Waals surface area contributed by atoms with Crippen molar-refractivity contribution in [1.82, 2.24) is 10.2 Å². The molecule has 6 heteroatoms. The second-order valence-corrected chi connectivity index (χ2v) is 7.44. The molecule has 1 N–H and O–H groups in total. The van der Waals surface area contributed by atoms with Gasteiger partial charge in [0.1, 0.15) is 6.04 Å². The molecule has 0 aromatic heterocycles. The molecule has 2 amide bonds. The quantitative estimate of drug-likeness (QED) is 0.874. The van der Waals surface area contributed by atoms with Crippen LogP contribution in [-0.2, 0) is 4.79 Å². The third kappa shape index (κ3) is 3.86. The van der Waals surface area contributed by atoms with Crippen LogP contribution in [0.5, 0.6) is 0 Å². The van der Waals surface area contributed by atoms with Gasteiger partial charge in [-0.15, -0.1) is 0 Å². The van der Waals surface area contributed by atoms with Crippen LogP contribution in [0.25, 0.3) is 0 Å². The van der Waals surface area contributed by atoms with E-state index in [1.807, 2.05) is 0 Å². The van der Waals surface area contributed by atoms with Gasteiger partial charge in [0.05, 0.1) is 10.0 Å². The maximum absolute atomic E-state index is 12.8. The van der Waals surface area contributed by atoms with Gasteiger partial charge < -0.3 is 10.2 Å². The molecule has 1 atom stereocenters. The minimum atomic E-state index is -0.381. The summed E-state index contributed by atoms with van der Waals surface area (Å²) in [5.74, 6) is -0.178. The van der Waals surface area contributed by atoms with Crippen molar-refractivity contribution in [3.05, 3.63) is 33.8 Å². The molecule has 130 valence electrons. The Kier molecular flexibility index (Phi) is 5.67. The molecule has 3 rings (SSSR count). The van der Waals surface area contributed by atoms with Gasteiger partial charge in [-0.1, -0.05) is 42.5 Å². The Bertz CT molecular complexity index is 629. The smallest absolute Gasteiger partial charge is 0.254 e. The molecule has 24 heavy (non-hydrogen) atoms. The Labute approximate surface area is 152 Å². The van der Waals surface area contributed by atoms with Crippen LogP contribution in [0.15, 0.2) is 18.2 Å². The number of nitrogens with one attached hydrogen (secondary N) is 1. The predicted molar refractivity (Wildman–Crippen MR) is 95.5 cm³/mol. The highest BCUT2D eigenvalue weighted by atomic mass is 35.5. The summed E-state index contributed by atoms with van der Waals surface area (Å²) >= 11 is 11.9. The number of hydrogen-bond acceptors (Lipinski definition) is 2. The zero-order chi connectivity index (χ0) is 17.1. The SMILES string of the molecule is O=C(NC1CCCCC1)[C@@H]1CCCN1C(=O)c1ccc(Cl)c(Cl)c1. The van der Waals surface area contributed by atoms with Crippen molar-refractivity contribution in [3.63, 3.8) is 0 Å². The standard InChI is InChI=1S/C18H22Cl2N2O2/c19-14-9-8-12(11-15(14)20)18(24)22-10-4-7-16(22)17(23)21-13-5-2-1-3-6-13/h8-9,11,13,16H,1-7,10H2,(H,21,23)/t16-/m0/s1. The molecule has 1 aromatic rings. The van der Waals surface area contributed by atoms with E-state index in [9.17, 15) is 9.59 Å². The molecule has 1 aromatic carbocycles. The van der Waals surface area contributed by atoms with E-state index in [0.29, 0.717) is 28.6 Å². The van der Waals surface area contributed by atoms with Crippen molar-refractivity contribution in [3.8, 4) is 0 Å². The molecule has 1 aliphatic carbocycles. The first kappa shape index (κ1) is 17.6. The van der Waals surface area contributed by atoms with Crippen LogP contribution in [0.3, 0.4) is 0 Å². The van der Waals surface area contributed by atoms with E-state index < -0.39 is 0 Å². The van der Waals surface area contributed by atoms with Crippen LogP contribution in [0.4, 0.5) is 0 Å². The van der Waals surface area contributed by atoms with E-state index in [2.05, 4.69) is 5.32 Å². The zero-order valence-electron chi connectivity index (χ0n) is 13.6. The Hall–Kier alpha value is -1.26. The van der Waals surface area contributed by atoms with Gasteiger partial charge in [-0.25, -0.2) is 0 Å². The Balaban J connectivity index is 1.68. The van der Waals surface area contributed by atoms with Crippen molar-refractivity contribution in [2.24, 2.45) is 0 Å². The lowest BCUT2D eigenvalue weighted by atomic mass is 9.95. The number of hydrogen-bond donors (Lipinski definition) is 1. The highest BCUT2D eigenvalue weighted by Gasteiger charge is 2.35. The van der Waals surface area contributed by atoms with Crippen LogP contribution >= 0.6 is 23.2 Å². The summed E-state index contributed by atoms with van der Waals surface area (Å²) in [4.78, 5) is 27.1. The van der Waals surface area contributed by atoms with Gasteiger partial charge in [-0.2, -0.15) is 0 Å². The summed E-state index contributed by atoms with van der Waals surface area (Å²) in [5.41, 5.74) is 0.474. The van der Waals surface area contributed by atoms with Crippen molar-refractivity contribution >= 4 is 35.0 Å². The maximum Gasteiger partial charge on any atom is 0.254 e. The predicted octanol–water partition coefficient (Wildman–Crippen LogP) is 4.05. The lowest BCUT2D eigenvalue weighted by Gasteiger charge is -2.28. The molecule has 0 bridgehead atoms. The molecule has 1 saturated carbocycles. The molecule has 1 saturated heterocycles. The summed E-state index contributed by atoms with van der Waals surface area (Å²) in [7, 11) is 0. The first-order valence-corrected chi connectivity index (χ1v) is 9.38. The van der Waals surface area contributed by atoms with Gasteiger partial charge in [-0.05, 0) is 43.9 Å². The van der Waals surface area contributed by atoms with Crippen LogP contribution in [0, 0.1) is 0 Å². The average molecular weight is 369 g/mol. The topological polar surface area (TPSA) is 49.4 Å². The highest BCUT2D eigenvalue weighted by Crippen LogP contribution is 2.26. The van der Waals surface area contributed by atoms with E-state index in [0.717, 1.165) is 19.3 Å². The summed E-state index contributed by atoms with van der Waals surface area (Å²) < 4.78 is 0. The van der Waals surface area contributed by atoms with Crippen molar-refractivity contribution < 1.29 is 9.59 Å². The molecular formula is C18H22Cl2N2O2. The van der Waals surface area contributed by atoms with Gasteiger partial charge in [0.2, 0.25) is 5.91 Å². The number of carbonyl (C=O) groups is 2. The molecule has 1 heterocycles. The fraction of sp³-hybridized carbons (Fsp3) is 0.556. The van der Waals surface area contributed by atoms with E-state index in [1.165, 1.54) is 19.3 Å². The number of carbonyl (C=O) groups excluding carboxylic acids is 2. The molecular weight excluding hydrogens is 347 g/mol. The summed E-state index contributed by atoms with van der Waals surface area (Å²) in [5, 5.41) is 3.91. The number of halogens is 2. The Morgan fingerprint density at radius 3 is 2.46 bits per heavy atom. The second kappa shape index (κ2) is 7.75. The van der Waals surface area contributed by atoms with E-state index in [4.69, 9.17) is 23.2 Å². The first-order valence-electron chi connectivity index (χ1n) is 8.62. The first-order chi connectivity index (χ1) is 11.6. The number of benzene rings is 1. The Morgan fingerprint density at radius 2 is 1.75 bits per heavy atom. The van der Waals surface area contributed by atoms with E-state index in [1.54, 1.807) is 23.1 Å². The molecule has 0 radical (unpaired) electrons. The summed E-state index contributed by atoms with van der Waals surface area (Å²) in [6.45, 7) is 0.599. The molecule has 2 fully saturated rings. The monoisotopic (exact) mass is 368 g/mol. The van der Waals surface area contributed by atoms with Crippen LogP contribution < -0.4 is 5.32 Å². The van der Waals surface area contributed by atoms with Gasteiger partial charge in [0.15, 0.2) is 0 Å². The third-order valence-corrected chi connectivity index (χ3v) is 5.67. The lowest BCUT2D eigenvalue weighted by Crippen LogP contribution is -2.49. The van der Waals surface area contributed by atoms with Crippen LogP contribution in [-0.4, -0.2) is 35.3 Å². The summed E-state index contributed by atoms with van der Waals surface area (Å²) in [6.07, 6.45) is 7.22. The Morgan fingerprint density at radius 1 is 1.00 bits per heavy atom. The fourth-order valence-corrected chi connectivity index (χ4v) is 3.92. The molecule has 0 unspecified atom stereocenters. The number of likely N-dealkylation sites (tertiary alicyclic amines) is 1. The second-order valence-electron chi connectivity index (χ2n) is 6.63. The largest absolute Gasteiger partial charge is 0.352 e. The minimum absolute atomic E-state index is 0.0205. The lowest BCUT2D eigenvalue weighted by molar-refractivity contribution is -0.125. The van der Waals surface area contributed by atoms with Crippen LogP contribution in [0.2, 0.25) is 10.0 Å². The normalized spacial score (nSPS) is 21.8. The number of nitrogens with zero attached hydrogens (tertiary/aromatic N) is 1. The highest BCUT2D eigenvalue weighted by molar-refractivity contribution is 6.42. The fourth-order valence-electron chi connectivity index (χ4n) is 3.62. The van der Waals surface area contributed by atoms with Gasteiger partial charge in [0, 0.05) is 18.2 Å². The summed E-state index contributed by atoms with van der Waals surface area (Å²) in [6, 6.07) is 4.72. The van der Waals surface area contributed by atoms with Crippen molar-refractivity contribution in [2.45, 2.75) is 57.0 Å². The van der Waals surface area contributed by atoms with Gasteiger partial charge in [-0.3, -0.25) is 9.59 Å². The number of rotatable bonds is 3. The average Bonchev–Trinajstić information content (AvgIpc) is 3.07.